The van der Waals surface area contributed by atoms with Crippen molar-refractivity contribution in [3.05, 3.63) is 82.9 Å². The fourth-order valence-electron chi connectivity index (χ4n) is 4.43. The number of anilines is 1. The van der Waals surface area contributed by atoms with Crippen molar-refractivity contribution >= 4 is 39.1 Å². The van der Waals surface area contributed by atoms with Crippen LogP contribution in [-0.4, -0.2) is 58.0 Å². The fourth-order valence-corrected chi connectivity index (χ4v) is 5.99. The quantitative estimate of drug-likeness (QED) is 0.284. The number of halogens is 1. The molecule has 3 aromatic rings. The van der Waals surface area contributed by atoms with Gasteiger partial charge >= 0.3 is 0 Å². The molecule has 3 rings (SSSR count). The molecular weight excluding hydrogens is 578 g/mol. The van der Waals surface area contributed by atoms with Gasteiger partial charge in [-0.15, -0.1) is 0 Å². The average Bonchev–Trinajstić information content (AvgIpc) is 2.96. The highest BCUT2D eigenvalue weighted by atomic mass is 35.5. The molecule has 2 amide bonds. The van der Waals surface area contributed by atoms with Crippen molar-refractivity contribution in [2.75, 3.05) is 25.1 Å². The monoisotopic (exact) mass is 615 g/mol. The smallest absolute Gasteiger partial charge is 0.264 e. The first-order valence-electron chi connectivity index (χ1n) is 13.6. The largest absolute Gasteiger partial charge is 0.493 e. The Morgan fingerprint density at radius 1 is 0.929 bits per heavy atom. The van der Waals surface area contributed by atoms with E-state index in [1.54, 1.807) is 12.1 Å². The number of carbonyl (C=O) groups excluding carboxylic acids is 2. The molecule has 1 atom stereocenters. The van der Waals surface area contributed by atoms with Crippen molar-refractivity contribution in [2.45, 2.75) is 57.6 Å². The summed E-state index contributed by atoms with van der Waals surface area (Å²) in [6, 6.07) is 17.0. The van der Waals surface area contributed by atoms with E-state index in [-0.39, 0.29) is 34.8 Å². The lowest BCUT2D eigenvalue weighted by molar-refractivity contribution is -0.140. The van der Waals surface area contributed by atoms with Crippen molar-refractivity contribution in [1.29, 1.82) is 0 Å². The molecule has 0 radical (unpaired) electrons. The van der Waals surface area contributed by atoms with E-state index in [4.69, 9.17) is 21.1 Å². The molecular formula is C31H38ClN3O6S. The van der Waals surface area contributed by atoms with E-state index in [2.05, 4.69) is 5.32 Å². The highest BCUT2D eigenvalue weighted by Crippen LogP contribution is 2.32. The van der Waals surface area contributed by atoms with E-state index >= 15 is 0 Å². The van der Waals surface area contributed by atoms with E-state index in [0.29, 0.717) is 17.2 Å². The SMILES string of the molecule is CCC(C(=O)NC(C)C)N(Cc1ccc(C)cc1)C(=O)CN(c1ccc(Cl)cc1)S(=O)(=O)c1ccc(OC)c(OC)c1. The van der Waals surface area contributed by atoms with Crippen LogP contribution in [0.25, 0.3) is 0 Å². The van der Waals surface area contributed by atoms with Crippen LogP contribution >= 0.6 is 11.6 Å². The molecule has 3 aromatic carbocycles. The zero-order valence-electron chi connectivity index (χ0n) is 24.8. The minimum Gasteiger partial charge on any atom is -0.493 e. The van der Waals surface area contributed by atoms with E-state index < -0.39 is 28.5 Å². The molecule has 0 aromatic heterocycles. The Morgan fingerprint density at radius 2 is 1.55 bits per heavy atom. The second-order valence-electron chi connectivity index (χ2n) is 10.1. The summed E-state index contributed by atoms with van der Waals surface area (Å²) in [6.45, 7) is 7.02. The number of carbonyl (C=O) groups is 2. The first kappa shape index (κ1) is 32.8. The Labute approximate surface area is 253 Å². The lowest BCUT2D eigenvalue weighted by Gasteiger charge is -2.33. The maximum atomic E-state index is 14.1. The first-order chi connectivity index (χ1) is 19.9. The van der Waals surface area contributed by atoms with Crippen LogP contribution in [0.1, 0.15) is 38.3 Å². The van der Waals surface area contributed by atoms with Gasteiger partial charge in [0.1, 0.15) is 12.6 Å². The van der Waals surface area contributed by atoms with Gasteiger partial charge in [-0.3, -0.25) is 13.9 Å². The standard InChI is InChI=1S/C31H38ClN3O6S/c1-7-27(31(37)33-21(2)3)34(19-23-10-8-22(4)9-11-23)30(36)20-35(25-14-12-24(32)13-15-25)42(38,39)26-16-17-28(40-5)29(18-26)41-6/h8-18,21,27H,7,19-20H2,1-6H3,(H,33,37). The van der Waals surface area contributed by atoms with Gasteiger partial charge in [0.15, 0.2) is 11.5 Å². The highest BCUT2D eigenvalue weighted by molar-refractivity contribution is 7.92. The molecule has 9 nitrogen and oxygen atoms in total. The maximum Gasteiger partial charge on any atom is 0.264 e. The van der Waals surface area contributed by atoms with Gasteiger partial charge in [0.05, 0.1) is 24.8 Å². The van der Waals surface area contributed by atoms with Crippen LogP contribution in [0.15, 0.2) is 71.6 Å². The minimum atomic E-state index is -4.30. The van der Waals surface area contributed by atoms with Gasteiger partial charge in [-0.05, 0) is 69.2 Å². The average molecular weight is 616 g/mol. The number of rotatable bonds is 13. The Morgan fingerprint density at radius 3 is 2.10 bits per heavy atom. The number of methoxy groups -OCH3 is 2. The van der Waals surface area contributed by atoms with E-state index in [1.807, 2.05) is 52.0 Å². The summed E-state index contributed by atoms with van der Waals surface area (Å²) in [7, 11) is -1.44. The van der Waals surface area contributed by atoms with Crippen LogP contribution in [0.2, 0.25) is 5.02 Å². The third kappa shape index (κ3) is 7.95. The molecule has 42 heavy (non-hydrogen) atoms. The first-order valence-corrected chi connectivity index (χ1v) is 15.4. The number of hydrogen-bond donors (Lipinski definition) is 1. The zero-order chi connectivity index (χ0) is 31.0. The summed E-state index contributed by atoms with van der Waals surface area (Å²) in [4.78, 5) is 28.7. The fraction of sp³-hybridized carbons (Fsp3) is 0.355. The summed E-state index contributed by atoms with van der Waals surface area (Å²) < 4.78 is 39.8. The number of benzene rings is 3. The zero-order valence-corrected chi connectivity index (χ0v) is 26.3. The number of nitrogens with one attached hydrogen (secondary N) is 1. The molecule has 0 saturated heterocycles. The summed E-state index contributed by atoms with van der Waals surface area (Å²) in [5.74, 6) is -0.274. The van der Waals surface area contributed by atoms with E-state index in [0.717, 1.165) is 15.4 Å². The van der Waals surface area contributed by atoms with Crippen LogP contribution in [0.3, 0.4) is 0 Å². The number of sulfonamides is 1. The molecule has 0 saturated carbocycles. The van der Waals surface area contributed by atoms with Crippen LogP contribution in [-0.2, 0) is 26.2 Å². The summed E-state index contributed by atoms with van der Waals surface area (Å²) in [6.07, 6.45) is 0.333. The number of hydrogen-bond acceptors (Lipinski definition) is 6. The third-order valence-corrected chi connectivity index (χ3v) is 8.65. The lowest BCUT2D eigenvalue weighted by Crippen LogP contribution is -2.53. The molecule has 1 N–H and O–H groups in total. The van der Waals surface area contributed by atoms with Crippen molar-refractivity contribution in [2.24, 2.45) is 0 Å². The van der Waals surface area contributed by atoms with Crippen molar-refractivity contribution in [1.82, 2.24) is 10.2 Å². The van der Waals surface area contributed by atoms with Crippen LogP contribution in [0, 0.1) is 6.92 Å². The molecule has 0 fully saturated rings. The minimum absolute atomic E-state index is 0.0995. The molecule has 0 aliphatic carbocycles. The highest BCUT2D eigenvalue weighted by Gasteiger charge is 2.34. The molecule has 1 unspecified atom stereocenters. The van der Waals surface area contributed by atoms with E-state index in [9.17, 15) is 18.0 Å². The second-order valence-corrected chi connectivity index (χ2v) is 12.4. The predicted octanol–water partition coefficient (Wildman–Crippen LogP) is 5.19. The molecule has 0 aliphatic heterocycles. The van der Waals surface area contributed by atoms with Crippen LogP contribution in [0.4, 0.5) is 5.69 Å². The van der Waals surface area contributed by atoms with Gasteiger partial charge in [0.25, 0.3) is 10.0 Å². The van der Waals surface area contributed by atoms with E-state index in [1.165, 1.54) is 49.5 Å². The van der Waals surface area contributed by atoms with Gasteiger partial charge in [-0.1, -0.05) is 48.4 Å². The van der Waals surface area contributed by atoms with Crippen LogP contribution in [0.5, 0.6) is 11.5 Å². The van der Waals surface area contributed by atoms with Gasteiger partial charge in [0.2, 0.25) is 11.8 Å². The summed E-state index contributed by atoms with van der Waals surface area (Å²) in [5, 5.41) is 3.30. The summed E-state index contributed by atoms with van der Waals surface area (Å²) in [5.41, 5.74) is 2.10. The topological polar surface area (TPSA) is 105 Å². The molecule has 226 valence electrons. The maximum absolute atomic E-state index is 14.1. The molecule has 11 heteroatoms. The molecule has 0 bridgehead atoms. The van der Waals surface area contributed by atoms with Crippen molar-refractivity contribution in [3.63, 3.8) is 0 Å². The Hall–Kier alpha value is -3.76. The third-order valence-electron chi connectivity index (χ3n) is 6.63. The number of nitrogens with zero attached hydrogens (tertiary/aromatic N) is 2. The summed E-state index contributed by atoms with van der Waals surface area (Å²) >= 11 is 6.10. The Kier molecular flexibility index (Phi) is 11.2. The van der Waals surface area contributed by atoms with Crippen molar-refractivity contribution in [3.8, 4) is 11.5 Å². The number of amides is 2. The van der Waals surface area contributed by atoms with Gasteiger partial charge in [-0.2, -0.15) is 0 Å². The Bertz CT molecular complexity index is 1480. The van der Waals surface area contributed by atoms with Crippen molar-refractivity contribution < 1.29 is 27.5 Å². The Balaban J connectivity index is 2.09. The van der Waals surface area contributed by atoms with Gasteiger partial charge in [-0.25, -0.2) is 8.42 Å². The normalized spacial score (nSPS) is 12.0. The molecule has 0 aliphatic rings. The molecule has 0 heterocycles. The van der Waals surface area contributed by atoms with Gasteiger partial charge < -0.3 is 19.7 Å². The number of aryl methyl sites for hydroxylation is 1. The molecule has 0 spiro atoms. The van der Waals surface area contributed by atoms with Crippen LogP contribution < -0.4 is 19.1 Å². The second kappa shape index (κ2) is 14.4. The lowest BCUT2D eigenvalue weighted by atomic mass is 10.1. The van der Waals surface area contributed by atoms with Gasteiger partial charge in [0, 0.05) is 23.7 Å². The predicted molar refractivity (Wildman–Crippen MR) is 165 cm³/mol. The number of ether oxygens (including phenoxy) is 2.